The first-order valence-corrected chi connectivity index (χ1v) is 9.19. The minimum absolute atomic E-state index is 0.0649. The van der Waals surface area contributed by atoms with Crippen LogP contribution >= 0.6 is 0 Å². The number of aryl methyl sites for hydroxylation is 1. The van der Waals surface area contributed by atoms with Crippen LogP contribution in [0.1, 0.15) is 40.0 Å². The topological polar surface area (TPSA) is 77.1 Å². The second-order valence-corrected chi connectivity index (χ2v) is 6.99. The van der Waals surface area contributed by atoms with Gasteiger partial charge in [0, 0.05) is 12.5 Å². The average Bonchev–Trinajstić information content (AvgIpc) is 3.28. The zero-order chi connectivity index (χ0) is 22.1. The maximum atomic E-state index is 13.0. The van der Waals surface area contributed by atoms with Crippen molar-refractivity contribution >= 4 is 11.7 Å². The predicted molar refractivity (Wildman–Crippen MR) is 102 cm³/mol. The summed E-state index contributed by atoms with van der Waals surface area (Å²) in [6.45, 7) is 4.80. The van der Waals surface area contributed by atoms with E-state index in [0.29, 0.717) is 12.2 Å². The highest BCUT2D eigenvalue weighted by Crippen LogP contribution is 2.31. The molecule has 0 fully saturated rings. The molecule has 3 rings (SSSR count). The van der Waals surface area contributed by atoms with E-state index in [4.69, 9.17) is 4.42 Å². The zero-order valence-corrected chi connectivity index (χ0v) is 16.6. The number of hydrogen-bond acceptors (Lipinski definition) is 4. The molecule has 0 saturated heterocycles. The number of amides is 1. The molecule has 1 N–H and O–H groups in total. The van der Waals surface area contributed by atoms with Gasteiger partial charge in [-0.25, -0.2) is 4.68 Å². The van der Waals surface area contributed by atoms with Crippen LogP contribution in [0.5, 0.6) is 0 Å². The van der Waals surface area contributed by atoms with Gasteiger partial charge in [-0.1, -0.05) is 6.07 Å². The molecule has 0 spiro atoms. The third-order valence-corrected chi connectivity index (χ3v) is 4.61. The lowest BCUT2D eigenvalue weighted by Crippen LogP contribution is -2.39. The first-order chi connectivity index (χ1) is 14.1. The summed E-state index contributed by atoms with van der Waals surface area (Å²) in [5, 5.41) is 6.80. The van der Waals surface area contributed by atoms with Gasteiger partial charge in [0.1, 0.15) is 5.76 Å². The molecule has 2 aromatic heterocycles. The van der Waals surface area contributed by atoms with Crippen LogP contribution in [0, 0.1) is 13.8 Å². The molecule has 0 aliphatic heterocycles. The van der Waals surface area contributed by atoms with Crippen LogP contribution in [0.25, 0.3) is 5.69 Å². The lowest BCUT2D eigenvalue weighted by Gasteiger charge is -2.12. The van der Waals surface area contributed by atoms with Gasteiger partial charge in [-0.2, -0.15) is 18.3 Å². The molecule has 1 aromatic carbocycles. The monoisotopic (exact) mass is 419 g/mol. The van der Waals surface area contributed by atoms with Crippen LogP contribution < -0.4 is 5.32 Å². The van der Waals surface area contributed by atoms with Crippen molar-refractivity contribution in [1.82, 2.24) is 15.1 Å². The summed E-state index contributed by atoms with van der Waals surface area (Å²) in [7, 11) is 0. The van der Waals surface area contributed by atoms with Crippen molar-refractivity contribution in [3.8, 4) is 5.69 Å². The van der Waals surface area contributed by atoms with Gasteiger partial charge in [0.2, 0.25) is 0 Å². The third-order valence-electron chi connectivity index (χ3n) is 4.61. The van der Waals surface area contributed by atoms with E-state index in [1.165, 1.54) is 36.9 Å². The number of carbonyl (C=O) groups is 2. The molecule has 1 atom stereocenters. The van der Waals surface area contributed by atoms with Gasteiger partial charge in [0.05, 0.1) is 34.5 Å². The Hall–Kier alpha value is -3.36. The predicted octanol–water partition coefficient (Wildman–Crippen LogP) is 4.03. The summed E-state index contributed by atoms with van der Waals surface area (Å²) in [4.78, 5) is 25.2. The van der Waals surface area contributed by atoms with Crippen LogP contribution in [0.3, 0.4) is 0 Å². The number of furan rings is 1. The Bertz CT molecular complexity index is 1070. The molecular weight excluding hydrogens is 399 g/mol. The van der Waals surface area contributed by atoms with Crippen molar-refractivity contribution in [2.75, 3.05) is 0 Å². The molecule has 3 aromatic rings. The van der Waals surface area contributed by atoms with Crippen molar-refractivity contribution in [2.45, 2.75) is 39.4 Å². The largest absolute Gasteiger partial charge is 0.469 e. The minimum atomic E-state index is -4.51. The molecule has 6 nitrogen and oxygen atoms in total. The van der Waals surface area contributed by atoms with Gasteiger partial charge >= 0.3 is 6.18 Å². The second kappa shape index (κ2) is 8.17. The molecule has 2 heterocycles. The number of alkyl halides is 3. The molecule has 0 saturated carbocycles. The van der Waals surface area contributed by atoms with Gasteiger partial charge in [-0.3, -0.25) is 9.59 Å². The molecule has 0 radical (unpaired) electrons. The minimum Gasteiger partial charge on any atom is -0.469 e. The molecule has 30 heavy (non-hydrogen) atoms. The van der Waals surface area contributed by atoms with E-state index in [2.05, 4.69) is 10.4 Å². The van der Waals surface area contributed by atoms with E-state index in [9.17, 15) is 22.8 Å². The summed E-state index contributed by atoms with van der Waals surface area (Å²) in [6, 6.07) is 7.75. The first-order valence-electron chi connectivity index (χ1n) is 9.19. The van der Waals surface area contributed by atoms with Gasteiger partial charge in [0.25, 0.3) is 11.7 Å². The van der Waals surface area contributed by atoms with E-state index in [-0.39, 0.29) is 28.7 Å². The Balaban J connectivity index is 1.83. The quantitative estimate of drug-likeness (QED) is 0.483. The van der Waals surface area contributed by atoms with Crippen LogP contribution in [-0.4, -0.2) is 27.5 Å². The maximum absolute atomic E-state index is 13.0. The Kier molecular flexibility index (Phi) is 5.82. The summed E-state index contributed by atoms with van der Waals surface area (Å²) in [5.41, 5.74) is -0.0782. The summed E-state index contributed by atoms with van der Waals surface area (Å²) < 4.78 is 45.5. The fraction of sp³-hybridized carbons (Fsp3) is 0.286. The Labute approximate surface area is 170 Å². The van der Waals surface area contributed by atoms with Crippen LogP contribution in [0.2, 0.25) is 0 Å². The lowest BCUT2D eigenvalue weighted by molar-refractivity contribution is -0.137. The number of ketones is 1. The normalized spacial score (nSPS) is 12.6. The molecular formula is C21H20F3N3O3. The molecule has 158 valence electrons. The van der Waals surface area contributed by atoms with E-state index in [1.54, 1.807) is 19.1 Å². The highest BCUT2D eigenvalue weighted by molar-refractivity contribution is 6.43. The van der Waals surface area contributed by atoms with Crippen molar-refractivity contribution in [3.05, 3.63) is 70.9 Å². The third kappa shape index (κ3) is 4.45. The number of aromatic nitrogens is 2. The molecule has 0 aliphatic rings. The van der Waals surface area contributed by atoms with Crippen molar-refractivity contribution in [1.29, 1.82) is 0 Å². The number of Topliss-reactive ketones (excluding diaryl/α,β-unsaturated/α-hetero) is 1. The fourth-order valence-electron chi connectivity index (χ4n) is 3.22. The van der Waals surface area contributed by atoms with Crippen molar-refractivity contribution < 1.29 is 27.2 Å². The summed E-state index contributed by atoms with van der Waals surface area (Å²) in [6.07, 6.45) is -2.58. The molecule has 9 heteroatoms. The molecule has 1 amide bonds. The smallest absolute Gasteiger partial charge is 0.416 e. The number of nitrogens with one attached hydrogen (secondary N) is 1. The number of nitrogens with zero attached hydrogens (tertiary/aromatic N) is 2. The highest BCUT2D eigenvalue weighted by atomic mass is 19.4. The maximum Gasteiger partial charge on any atom is 0.416 e. The Morgan fingerprint density at radius 1 is 1.20 bits per heavy atom. The number of carbonyl (C=O) groups excluding carboxylic acids is 2. The Morgan fingerprint density at radius 2 is 1.93 bits per heavy atom. The molecule has 0 aliphatic carbocycles. The standard InChI is InChI=1S/C21H20F3N3O3/c1-12(10-17-8-5-9-30-17)25-20(29)19(28)18-13(2)26-27(14(18)3)16-7-4-6-15(11-16)21(22,23)24/h4-9,11-12H,10H2,1-3H3,(H,25,29). The first kappa shape index (κ1) is 21.4. The van der Waals surface area contributed by atoms with E-state index >= 15 is 0 Å². The number of hydrogen-bond donors (Lipinski definition) is 1. The highest BCUT2D eigenvalue weighted by Gasteiger charge is 2.31. The van der Waals surface area contributed by atoms with Crippen LogP contribution in [-0.2, 0) is 17.4 Å². The summed E-state index contributed by atoms with van der Waals surface area (Å²) in [5.74, 6) is -0.946. The van der Waals surface area contributed by atoms with Gasteiger partial charge in [0.15, 0.2) is 0 Å². The number of benzene rings is 1. The molecule has 0 bridgehead atoms. The Morgan fingerprint density at radius 3 is 2.57 bits per heavy atom. The van der Waals surface area contributed by atoms with Crippen molar-refractivity contribution in [2.24, 2.45) is 0 Å². The van der Waals surface area contributed by atoms with Gasteiger partial charge < -0.3 is 9.73 Å². The lowest BCUT2D eigenvalue weighted by atomic mass is 10.1. The summed E-state index contributed by atoms with van der Waals surface area (Å²) >= 11 is 0. The SMILES string of the molecule is Cc1nn(-c2cccc(C(F)(F)F)c2)c(C)c1C(=O)C(=O)NC(C)Cc1ccco1. The van der Waals surface area contributed by atoms with Gasteiger partial charge in [-0.15, -0.1) is 0 Å². The average molecular weight is 419 g/mol. The van der Waals surface area contributed by atoms with E-state index in [0.717, 1.165) is 12.1 Å². The zero-order valence-electron chi connectivity index (χ0n) is 16.6. The van der Waals surface area contributed by atoms with Crippen LogP contribution in [0.4, 0.5) is 13.2 Å². The second-order valence-electron chi connectivity index (χ2n) is 6.99. The fourth-order valence-corrected chi connectivity index (χ4v) is 3.22. The number of rotatable bonds is 6. The molecule has 1 unspecified atom stereocenters. The van der Waals surface area contributed by atoms with E-state index < -0.39 is 23.4 Å². The van der Waals surface area contributed by atoms with Crippen molar-refractivity contribution in [3.63, 3.8) is 0 Å². The van der Waals surface area contributed by atoms with Gasteiger partial charge in [-0.05, 0) is 51.1 Å². The number of halogens is 3. The van der Waals surface area contributed by atoms with Crippen LogP contribution in [0.15, 0.2) is 47.1 Å². The van der Waals surface area contributed by atoms with E-state index in [1.807, 2.05) is 0 Å².